The SMILES string of the molecule is CCOCCCNc1nc(CC)nc(Cl)c1C. The topological polar surface area (TPSA) is 47.0 Å². The van der Waals surface area contributed by atoms with Gasteiger partial charge in [-0.15, -0.1) is 0 Å². The Balaban J connectivity index is 2.54. The molecule has 4 nitrogen and oxygen atoms in total. The number of nitrogens with one attached hydrogen (secondary N) is 1. The van der Waals surface area contributed by atoms with E-state index in [0.717, 1.165) is 49.8 Å². The molecule has 0 radical (unpaired) electrons. The minimum atomic E-state index is 0.532. The molecule has 1 rings (SSSR count). The van der Waals surface area contributed by atoms with Crippen LogP contribution in [-0.2, 0) is 11.2 Å². The Labute approximate surface area is 108 Å². The van der Waals surface area contributed by atoms with Crippen LogP contribution >= 0.6 is 11.6 Å². The quantitative estimate of drug-likeness (QED) is 0.603. The molecule has 17 heavy (non-hydrogen) atoms. The lowest BCUT2D eigenvalue weighted by atomic mass is 10.3. The van der Waals surface area contributed by atoms with E-state index in [4.69, 9.17) is 16.3 Å². The molecule has 0 unspecified atom stereocenters. The Bertz CT molecular complexity index is 358. The highest BCUT2D eigenvalue weighted by molar-refractivity contribution is 6.30. The molecule has 0 saturated carbocycles. The van der Waals surface area contributed by atoms with Crippen LogP contribution in [0.1, 0.15) is 31.7 Å². The van der Waals surface area contributed by atoms with Gasteiger partial charge < -0.3 is 10.1 Å². The lowest BCUT2D eigenvalue weighted by Crippen LogP contribution is -2.10. The number of anilines is 1. The summed E-state index contributed by atoms with van der Waals surface area (Å²) < 4.78 is 5.27. The predicted octanol–water partition coefficient (Wildman–Crippen LogP) is 2.84. The van der Waals surface area contributed by atoms with Gasteiger partial charge in [0, 0.05) is 31.7 Å². The molecular formula is C12H20ClN3O. The van der Waals surface area contributed by atoms with E-state index in [9.17, 15) is 0 Å². The van der Waals surface area contributed by atoms with Gasteiger partial charge in [0.15, 0.2) is 0 Å². The molecule has 1 N–H and O–H groups in total. The van der Waals surface area contributed by atoms with Crippen LogP contribution in [0.5, 0.6) is 0 Å². The van der Waals surface area contributed by atoms with Gasteiger partial charge in [-0.2, -0.15) is 0 Å². The Morgan fingerprint density at radius 2 is 2.06 bits per heavy atom. The van der Waals surface area contributed by atoms with Crippen molar-refractivity contribution in [2.24, 2.45) is 0 Å². The van der Waals surface area contributed by atoms with Crippen molar-refractivity contribution < 1.29 is 4.74 Å². The van der Waals surface area contributed by atoms with Crippen LogP contribution in [0.3, 0.4) is 0 Å². The molecule has 0 aromatic carbocycles. The first-order valence-electron chi connectivity index (χ1n) is 6.03. The summed E-state index contributed by atoms with van der Waals surface area (Å²) in [6.45, 7) is 8.29. The molecule has 5 heteroatoms. The molecule has 0 bridgehead atoms. The van der Waals surface area contributed by atoms with Gasteiger partial charge in [-0.1, -0.05) is 18.5 Å². The summed E-state index contributed by atoms with van der Waals surface area (Å²) in [4.78, 5) is 8.62. The fraction of sp³-hybridized carbons (Fsp3) is 0.667. The van der Waals surface area contributed by atoms with Crippen molar-refractivity contribution in [3.8, 4) is 0 Å². The highest BCUT2D eigenvalue weighted by Crippen LogP contribution is 2.19. The zero-order chi connectivity index (χ0) is 12.7. The van der Waals surface area contributed by atoms with Gasteiger partial charge in [0.1, 0.15) is 16.8 Å². The van der Waals surface area contributed by atoms with E-state index in [0.29, 0.717) is 5.15 Å². The number of nitrogens with zero attached hydrogens (tertiary/aromatic N) is 2. The number of rotatable bonds is 7. The van der Waals surface area contributed by atoms with Crippen molar-refractivity contribution in [3.05, 3.63) is 16.5 Å². The third-order valence-corrected chi connectivity index (χ3v) is 2.78. The van der Waals surface area contributed by atoms with Gasteiger partial charge in [-0.05, 0) is 20.3 Å². The second-order valence-electron chi connectivity index (χ2n) is 3.74. The van der Waals surface area contributed by atoms with Gasteiger partial charge >= 0.3 is 0 Å². The first-order chi connectivity index (χ1) is 8.19. The minimum absolute atomic E-state index is 0.532. The van der Waals surface area contributed by atoms with Crippen LogP contribution in [-0.4, -0.2) is 29.7 Å². The third kappa shape index (κ3) is 4.48. The van der Waals surface area contributed by atoms with Crippen LogP contribution < -0.4 is 5.32 Å². The number of hydrogen-bond donors (Lipinski definition) is 1. The second kappa shape index (κ2) is 7.45. The molecule has 1 heterocycles. The Kier molecular flexibility index (Phi) is 6.22. The maximum Gasteiger partial charge on any atom is 0.137 e. The zero-order valence-corrected chi connectivity index (χ0v) is 11.5. The molecule has 0 atom stereocenters. The fourth-order valence-corrected chi connectivity index (χ4v) is 1.58. The zero-order valence-electron chi connectivity index (χ0n) is 10.7. The molecule has 0 aliphatic rings. The Hall–Kier alpha value is -0.870. The standard InChI is InChI=1S/C12H20ClN3O/c1-4-10-15-11(13)9(3)12(16-10)14-7-6-8-17-5-2/h4-8H2,1-3H3,(H,14,15,16). The number of aryl methyl sites for hydroxylation is 1. The van der Waals surface area contributed by atoms with Gasteiger partial charge in [0.05, 0.1) is 0 Å². The molecular weight excluding hydrogens is 238 g/mol. The van der Waals surface area contributed by atoms with Crippen molar-refractivity contribution in [1.82, 2.24) is 9.97 Å². The normalized spacial score (nSPS) is 10.6. The van der Waals surface area contributed by atoms with Gasteiger partial charge in [0.25, 0.3) is 0 Å². The highest BCUT2D eigenvalue weighted by atomic mass is 35.5. The number of aromatic nitrogens is 2. The molecule has 0 fully saturated rings. The molecule has 1 aromatic rings. The summed E-state index contributed by atoms with van der Waals surface area (Å²) in [5, 5.41) is 3.80. The van der Waals surface area contributed by atoms with Crippen molar-refractivity contribution in [1.29, 1.82) is 0 Å². The van der Waals surface area contributed by atoms with Crippen LogP contribution in [0.2, 0.25) is 5.15 Å². The van der Waals surface area contributed by atoms with E-state index >= 15 is 0 Å². The fourth-order valence-electron chi connectivity index (χ4n) is 1.39. The molecule has 0 saturated heterocycles. The summed E-state index contributed by atoms with van der Waals surface area (Å²) in [6, 6.07) is 0. The highest BCUT2D eigenvalue weighted by Gasteiger charge is 2.07. The molecule has 0 spiro atoms. The van der Waals surface area contributed by atoms with Crippen LogP contribution in [0.25, 0.3) is 0 Å². The number of halogens is 1. The molecule has 1 aromatic heterocycles. The molecule has 96 valence electrons. The van der Waals surface area contributed by atoms with Crippen LogP contribution in [0.4, 0.5) is 5.82 Å². The van der Waals surface area contributed by atoms with Gasteiger partial charge in [0.2, 0.25) is 0 Å². The van der Waals surface area contributed by atoms with E-state index in [1.807, 2.05) is 20.8 Å². The Morgan fingerprint density at radius 3 is 2.71 bits per heavy atom. The van der Waals surface area contributed by atoms with Gasteiger partial charge in [-0.25, -0.2) is 9.97 Å². The monoisotopic (exact) mass is 257 g/mol. The first-order valence-corrected chi connectivity index (χ1v) is 6.41. The van der Waals surface area contributed by atoms with Crippen molar-refractivity contribution in [2.75, 3.05) is 25.1 Å². The average Bonchev–Trinajstić information content (AvgIpc) is 2.33. The maximum absolute atomic E-state index is 6.04. The van der Waals surface area contributed by atoms with E-state index in [-0.39, 0.29) is 0 Å². The number of hydrogen-bond acceptors (Lipinski definition) is 4. The maximum atomic E-state index is 6.04. The van der Waals surface area contributed by atoms with Gasteiger partial charge in [-0.3, -0.25) is 0 Å². The smallest absolute Gasteiger partial charge is 0.137 e. The average molecular weight is 258 g/mol. The largest absolute Gasteiger partial charge is 0.382 e. The van der Waals surface area contributed by atoms with Crippen molar-refractivity contribution >= 4 is 17.4 Å². The summed E-state index contributed by atoms with van der Waals surface area (Å²) in [5.41, 5.74) is 0.903. The van der Waals surface area contributed by atoms with E-state index in [1.165, 1.54) is 0 Å². The van der Waals surface area contributed by atoms with E-state index < -0.39 is 0 Å². The second-order valence-corrected chi connectivity index (χ2v) is 4.09. The lowest BCUT2D eigenvalue weighted by molar-refractivity contribution is 0.147. The van der Waals surface area contributed by atoms with Crippen molar-refractivity contribution in [2.45, 2.75) is 33.6 Å². The van der Waals surface area contributed by atoms with Crippen LogP contribution in [0, 0.1) is 6.92 Å². The third-order valence-electron chi connectivity index (χ3n) is 2.41. The van der Waals surface area contributed by atoms with E-state index in [2.05, 4.69) is 15.3 Å². The van der Waals surface area contributed by atoms with Crippen LogP contribution in [0.15, 0.2) is 0 Å². The lowest BCUT2D eigenvalue weighted by Gasteiger charge is -2.10. The molecule has 0 aliphatic heterocycles. The summed E-state index contributed by atoms with van der Waals surface area (Å²) in [6.07, 6.45) is 1.74. The summed E-state index contributed by atoms with van der Waals surface area (Å²) in [7, 11) is 0. The Morgan fingerprint density at radius 1 is 1.29 bits per heavy atom. The number of ether oxygens (including phenoxy) is 1. The summed E-state index contributed by atoms with van der Waals surface area (Å²) >= 11 is 6.04. The van der Waals surface area contributed by atoms with E-state index in [1.54, 1.807) is 0 Å². The van der Waals surface area contributed by atoms with Crippen molar-refractivity contribution in [3.63, 3.8) is 0 Å². The molecule has 0 aliphatic carbocycles. The molecule has 0 amide bonds. The summed E-state index contributed by atoms with van der Waals surface area (Å²) in [5.74, 6) is 1.60. The minimum Gasteiger partial charge on any atom is -0.382 e. The predicted molar refractivity (Wildman–Crippen MR) is 70.8 cm³/mol. The first kappa shape index (κ1) is 14.2.